The van der Waals surface area contributed by atoms with E-state index >= 15 is 0 Å². The Morgan fingerprint density at radius 3 is 2.44 bits per heavy atom. The third-order valence-electron chi connectivity index (χ3n) is 7.17. The summed E-state index contributed by atoms with van der Waals surface area (Å²) in [6, 6.07) is 9.05. The third-order valence-corrected chi connectivity index (χ3v) is 7.17. The van der Waals surface area contributed by atoms with Crippen LogP contribution in [0.15, 0.2) is 42.2 Å². The van der Waals surface area contributed by atoms with Crippen molar-refractivity contribution in [2.45, 2.75) is 77.3 Å². The molecule has 4 rings (SSSR count). The molecule has 2 aliphatic carbocycles. The van der Waals surface area contributed by atoms with Crippen molar-refractivity contribution in [2.75, 3.05) is 13.1 Å². The second-order valence-corrected chi connectivity index (χ2v) is 10.4. The summed E-state index contributed by atoms with van der Waals surface area (Å²) in [5.41, 5.74) is 14.4. The molecule has 0 saturated carbocycles. The summed E-state index contributed by atoms with van der Waals surface area (Å²) >= 11 is 0. The molecule has 2 aliphatic rings. The molecule has 0 radical (unpaired) electrons. The number of unbranched alkanes of at least 4 members (excludes halogenated alkanes) is 4. The van der Waals surface area contributed by atoms with Gasteiger partial charge in [-0.1, -0.05) is 68.2 Å². The first-order valence-electron chi connectivity index (χ1n) is 13.5. The molecule has 0 spiro atoms. The first kappa shape index (κ1) is 26.2. The zero-order chi connectivity index (χ0) is 25.5. The molecule has 2 aromatic carbocycles. The van der Waals surface area contributed by atoms with Gasteiger partial charge in [0.1, 0.15) is 5.76 Å². The lowest BCUT2D eigenvalue weighted by atomic mass is 9.94. The minimum atomic E-state index is -0.280. The van der Waals surface area contributed by atoms with Crippen LogP contribution in [0.3, 0.4) is 0 Å². The summed E-state index contributed by atoms with van der Waals surface area (Å²) < 4.78 is 5.87. The predicted molar refractivity (Wildman–Crippen MR) is 151 cm³/mol. The number of carbonyl (C=O) groups excluding carboxylic acids is 1. The number of hydrogen-bond acceptors (Lipinski definition) is 4. The Hall–Kier alpha value is -2.89. The first-order chi connectivity index (χ1) is 17.4. The van der Waals surface area contributed by atoms with E-state index in [0.29, 0.717) is 18.8 Å². The number of fused-ring (bicyclic) bond motifs is 5. The van der Waals surface area contributed by atoms with E-state index in [4.69, 9.17) is 16.2 Å². The standard InChI is InChI=1S/C31H41N3O2/c1-22(32)9-6-4-3-5-7-19-34(20-18-23(2)33)31(35)36-26-14-17-28-25(21-26)13-16-29-27-11-8-10-24(27)12-15-30(28)29/h8,10-16,21-23H,3-7,9,17-20,32-33H2,1-2H3. The lowest BCUT2D eigenvalue weighted by Gasteiger charge is -2.24. The van der Waals surface area contributed by atoms with Gasteiger partial charge in [-0.25, -0.2) is 4.79 Å². The fourth-order valence-electron chi connectivity index (χ4n) is 5.07. The molecular formula is C31H41N3O2. The molecule has 0 aliphatic heterocycles. The normalized spacial score (nSPS) is 15.4. The Bertz CT molecular complexity index is 1260. The molecule has 0 aromatic heterocycles. The molecule has 1 amide bonds. The van der Waals surface area contributed by atoms with Crippen LogP contribution < -0.4 is 21.9 Å². The van der Waals surface area contributed by atoms with Gasteiger partial charge >= 0.3 is 6.09 Å². The molecular weight excluding hydrogens is 446 g/mol. The van der Waals surface area contributed by atoms with Crippen molar-refractivity contribution in [3.05, 3.63) is 63.7 Å². The Balaban J connectivity index is 1.38. The van der Waals surface area contributed by atoms with Crippen LogP contribution in [0.4, 0.5) is 4.79 Å². The van der Waals surface area contributed by atoms with E-state index in [2.05, 4.69) is 49.4 Å². The molecule has 2 aromatic rings. The van der Waals surface area contributed by atoms with Gasteiger partial charge in [-0.3, -0.25) is 0 Å². The lowest BCUT2D eigenvalue weighted by Crippen LogP contribution is -2.36. The van der Waals surface area contributed by atoms with Crippen LogP contribution in [0.5, 0.6) is 0 Å². The summed E-state index contributed by atoms with van der Waals surface area (Å²) in [5.74, 6) is 0.628. The number of nitrogens with two attached hydrogens (primary N) is 2. The van der Waals surface area contributed by atoms with Crippen molar-refractivity contribution in [3.8, 4) is 0 Å². The molecule has 0 saturated heterocycles. The zero-order valence-corrected chi connectivity index (χ0v) is 21.8. The Kier molecular flexibility index (Phi) is 9.00. The summed E-state index contributed by atoms with van der Waals surface area (Å²) in [6.07, 6.45) is 18.4. The van der Waals surface area contributed by atoms with Crippen LogP contribution in [0.2, 0.25) is 0 Å². The van der Waals surface area contributed by atoms with Gasteiger partial charge in [0, 0.05) is 25.2 Å². The van der Waals surface area contributed by atoms with E-state index in [1.807, 2.05) is 24.0 Å². The highest BCUT2D eigenvalue weighted by Crippen LogP contribution is 2.24. The van der Waals surface area contributed by atoms with Crippen molar-refractivity contribution in [1.82, 2.24) is 4.90 Å². The van der Waals surface area contributed by atoms with Crippen molar-refractivity contribution in [3.63, 3.8) is 0 Å². The maximum atomic E-state index is 13.1. The fourth-order valence-corrected chi connectivity index (χ4v) is 5.07. The smallest absolute Gasteiger partial charge is 0.411 e. The molecule has 0 bridgehead atoms. The molecule has 192 valence electrons. The number of hydrogen-bond donors (Lipinski definition) is 2. The summed E-state index contributed by atoms with van der Waals surface area (Å²) in [7, 11) is 0. The average molecular weight is 488 g/mol. The highest BCUT2D eigenvalue weighted by molar-refractivity contribution is 5.96. The summed E-state index contributed by atoms with van der Waals surface area (Å²) in [5, 5.41) is 4.93. The van der Waals surface area contributed by atoms with Gasteiger partial charge in [-0.2, -0.15) is 0 Å². The largest absolute Gasteiger partial charge is 0.415 e. The van der Waals surface area contributed by atoms with E-state index in [9.17, 15) is 4.79 Å². The Labute approximate surface area is 215 Å². The van der Waals surface area contributed by atoms with Gasteiger partial charge in [0.25, 0.3) is 0 Å². The van der Waals surface area contributed by atoms with Gasteiger partial charge in [-0.15, -0.1) is 0 Å². The third kappa shape index (κ3) is 6.65. The average Bonchev–Trinajstić information content (AvgIpc) is 3.33. The molecule has 0 heterocycles. The highest BCUT2D eigenvalue weighted by atomic mass is 16.6. The minimum absolute atomic E-state index is 0.0491. The minimum Gasteiger partial charge on any atom is -0.411 e. The second-order valence-electron chi connectivity index (χ2n) is 10.4. The number of benzene rings is 2. The molecule has 5 heteroatoms. The molecule has 0 fully saturated rings. The molecule has 36 heavy (non-hydrogen) atoms. The maximum Gasteiger partial charge on any atom is 0.415 e. The van der Waals surface area contributed by atoms with Crippen molar-refractivity contribution < 1.29 is 9.53 Å². The van der Waals surface area contributed by atoms with Gasteiger partial charge in [0.05, 0.1) is 0 Å². The van der Waals surface area contributed by atoms with E-state index in [0.717, 1.165) is 37.3 Å². The van der Waals surface area contributed by atoms with Crippen LogP contribution in [0, 0.1) is 0 Å². The molecule has 2 atom stereocenters. The van der Waals surface area contributed by atoms with Crippen LogP contribution in [0.1, 0.15) is 69.9 Å². The maximum absolute atomic E-state index is 13.1. The van der Waals surface area contributed by atoms with Gasteiger partial charge in [0.15, 0.2) is 0 Å². The number of carbonyl (C=O) groups is 1. The molecule has 2 unspecified atom stereocenters. The van der Waals surface area contributed by atoms with E-state index in [1.54, 1.807) is 0 Å². The molecule has 5 nitrogen and oxygen atoms in total. The van der Waals surface area contributed by atoms with Gasteiger partial charge < -0.3 is 21.1 Å². The summed E-state index contributed by atoms with van der Waals surface area (Å²) in [4.78, 5) is 14.9. The van der Waals surface area contributed by atoms with Crippen LogP contribution in [0.25, 0.3) is 29.0 Å². The van der Waals surface area contributed by atoms with Crippen molar-refractivity contribution in [2.24, 2.45) is 11.5 Å². The Morgan fingerprint density at radius 1 is 0.917 bits per heavy atom. The van der Waals surface area contributed by atoms with E-state index in [1.165, 1.54) is 46.4 Å². The zero-order valence-electron chi connectivity index (χ0n) is 21.8. The monoisotopic (exact) mass is 487 g/mol. The van der Waals surface area contributed by atoms with Crippen molar-refractivity contribution >= 4 is 35.1 Å². The topological polar surface area (TPSA) is 81.6 Å². The van der Waals surface area contributed by atoms with E-state index in [-0.39, 0.29) is 18.2 Å². The number of allylic oxidation sites excluding steroid dienone is 3. The summed E-state index contributed by atoms with van der Waals surface area (Å²) in [6.45, 7) is 5.35. The van der Waals surface area contributed by atoms with Gasteiger partial charge in [0.2, 0.25) is 0 Å². The van der Waals surface area contributed by atoms with Crippen LogP contribution in [-0.4, -0.2) is 36.2 Å². The van der Waals surface area contributed by atoms with E-state index < -0.39 is 0 Å². The number of ether oxygens (including phenoxy) is 1. The fraction of sp³-hybridized carbons (Fsp3) is 0.452. The number of amides is 1. The van der Waals surface area contributed by atoms with Crippen molar-refractivity contribution in [1.29, 1.82) is 0 Å². The second kappa shape index (κ2) is 12.4. The SMILES string of the molecule is CC(N)CCCCCCCN(CCC(C)N)C(=O)OC1=CCc2c(ccc3c4c(ccc23)=CC=C4)=C1. The predicted octanol–water partition coefficient (Wildman–Crippen LogP) is 4.73. The first-order valence-corrected chi connectivity index (χ1v) is 13.5. The Morgan fingerprint density at radius 2 is 1.64 bits per heavy atom. The van der Waals surface area contributed by atoms with Crippen LogP contribution >= 0.6 is 0 Å². The van der Waals surface area contributed by atoms with Crippen LogP contribution in [-0.2, 0) is 11.2 Å². The lowest BCUT2D eigenvalue weighted by molar-refractivity contribution is 0.130. The van der Waals surface area contributed by atoms with Gasteiger partial charge in [-0.05, 0) is 84.0 Å². The number of nitrogens with zero attached hydrogens (tertiary/aromatic N) is 1. The molecule has 4 N–H and O–H groups in total. The number of rotatable bonds is 12. The quantitative estimate of drug-likeness (QED) is 0.424. The highest BCUT2D eigenvalue weighted by Gasteiger charge is 2.18.